The number of amides is 2. The first-order valence-corrected chi connectivity index (χ1v) is 5.99. The lowest BCUT2D eigenvalue weighted by atomic mass is 10.2. The lowest BCUT2D eigenvalue weighted by Gasteiger charge is -2.10. The number of hydrogen-bond acceptors (Lipinski definition) is 4. The summed E-state index contributed by atoms with van der Waals surface area (Å²) in [7, 11) is 0. The first-order valence-electron chi connectivity index (χ1n) is 5.61. The zero-order chi connectivity index (χ0) is 16.0. The van der Waals surface area contributed by atoms with Crippen molar-refractivity contribution in [2.45, 2.75) is 6.04 Å². The largest absolute Gasteiger partial charge is 0.480 e. The first kappa shape index (κ1) is 16.4. The molecule has 112 valence electrons. The zero-order valence-corrected chi connectivity index (χ0v) is 11.4. The van der Waals surface area contributed by atoms with Gasteiger partial charge in [0.1, 0.15) is 0 Å². The molecule has 0 heterocycles. The van der Waals surface area contributed by atoms with Crippen LogP contribution in [0.2, 0.25) is 5.02 Å². The molecule has 21 heavy (non-hydrogen) atoms. The van der Waals surface area contributed by atoms with Crippen LogP contribution in [-0.2, 0) is 4.79 Å². The van der Waals surface area contributed by atoms with Gasteiger partial charge in [0.25, 0.3) is 0 Å². The molecule has 1 atom stereocenters. The van der Waals surface area contributed by atoms with Gasteiger partial charge in [-0.05, 0) is 24.9 Å². The monoisotopic (exact) mass is 313 g/mol. The number of hydrogen-bond donors (Lipinski definition) is 4. The summed E-state index contributed by atoms with van der Waals surface area (Å²) in [4.78, 5) is 36.5. The van der Waals surface area contributed by atoms with E-state index in [0.29, 0.717) is 0 Å². The van der Waals surface area contributed by atoms with E-state index in [4.69, 9.17) is 21.8 Å². The number of halogens is 1. The van der Waals surface area contributed by atoms with Crippen LogP contribution in [0, 0.1) is 0 Å². The molecule has 1 rings (SSSR count). The van der Waals surface area contributed by atoms with Gasteiger partial charge < -0.3 is 20.8 Å². The molecule has 0 unspecified atom stereocenters. The third kappa shape index (κ3) is 4.77. The highest BCUT2D eigenvalue weighted by Gasteiger charge is 2.16. The van der Waals surface area contributed by atoms with Crippen molar-refractivity contribution in [3.05, 3.63) is 28.8 Å². The van der Waals surface area contributed by atoms with Crippen molar-refractivity contribution in [2.75, 3.05) is 11.9 Å². The number of carbonyl (C=O) groups excluding carboxylic acids is 1. The van der Waals surface area contributed by atoms with Crippen LogP contribution in [-0.4, -0.2) is 47.5 Å². The highest BCUT2D eigenvalue weighted by Crippen LogP contribution is 2.20. The Morgan fingerprint density at radius 3 is 2.52 bits per heavy atom. The summed E-state index contributed by atoms with van der Waals surface area (Å²) < 4.78 is 0. The van der Waals surface area contributed by atoms with E-state index in [0.717, 1.165) is 0 Å². The molecule has 0 bridgehead atoms. The molecule has 0 aromatic heterocycles. The van der Waals surface area contributed by atoms with Gasteiger partial charge in [-0.3, -0.25) is 4.99 Å². The number of benzene rings is 1. The van der Waals surface area contributed by atoms with Gasteiger partial charge in [0.2, 0.25) is 0 Å². The Hall–Kier alpha value is -2.61. The molecule has 0 aliphatic rings. The van der Waals surface area contributed by atoms with Gasteiger partial charge in [-0.15, -0.1) is 0 Å². The van der Waals surface area contributed by atoms with Crippen molar-refractivity contribution in [3.8, 4) is 0 Å². The van der Waals surface area contributed by atoms with Crippen LogP contribution >= 0.6 is 11.6 Å². The number of aliphatic imine (C=N–C) groups is 1. The fourth-order valence-corrected chi connectivity index (χ4v) is 1.56. The Bertz CT molecular complexity index is 590. The van der Waals surface area contributed by atoms with Crippen LogP contribution in [0.5, 0.6) is 0 Å². The van der Waals surface area contributed by atoms with E-state index in [9.17, 15) is 14.4 Å². The second-order valence-corrected chi connectivity index (χ2v) is 4.28. The SMILES string of the molecule is C=N[C@@H](CNC(=O)Nc1ccc(Cl)c(C(=O)O)c1)C(=O)O. The molecular weight excluding hydrogens is 302 g/mol. The van der Waals surface area contributed by atoms with Crippen LogP contribution in [0.25, 0.3) is 0 Å². The quantitative estimate of drug-likeness (QED) is 0.589. The molecule has 9 heteroatoms. The van der Waals surface area contributed by atoms with E-state index in [1.54, 1.807) is 0 Å². The Kier molecular flexibility index (Phi) is 5.67. The lowest BCUT2D eigenvalue weighted by molar-refractivity contribution is -0.138. The van der Waals surface area contributed by atoms with Gasteiger partial charge in [0.05, 0.1) is 17.1 Å². The van der Waals surface area contributed by atoms with Crippen molar-refractivity contribution in [3.63, 3.8) is 0 Å². The van der Waals surface area contributed by atoms with E-state index >= 15 is 0 Å². The number of carbonyl (C=O) groups is 3. The van der Waals surface area contributed by atoms with Crippen molar-refractivity contribution in [1.29, 1.82) is 0 Å². The van der Waals surface area contributed by atoms with E-state index in [2.05, 4.69) is 22.3 Å². The molecular formula is C12H12ClN3O5. The number of carboxylic acids is 2. The minimum Gasteiger partial charge on any atom is -0.480 e. The summed E-state index contributed by atoms with van der Waals surface area (Å²) in [6.45, 7) is 2.86. The Morgan fingerprint density at radius 1 is 1.33 bits per heavy atom. The van der Waals surface area contributed by atoms with E-state index in [-0.39, 0.29) is 22.8 Å². The number of carboxylic acid groups (broad SMARTS) is 2. The Labute approximate surface area is 124 Å². The van der Waals surface area contributed by atoms with Crippen LogP contribution < -0.4 is 10.6 Å². The van der Waals surface area contributed by atoms with Crippen LogP contribution in [0.4, 0.5) is 10.5 Å². The molecule has 0 saturated carbocycles. The van der Waals surface area contributed by atoms with Crippen LogP contribution in [0.15, 0.2) is 23.2 Å². The van der Waals surface area contributed by atoms with Crippen molar-refractivity contribution in [2.24, 2.45) is 4.99 Å². The van der Waals surface area contributed by atoms with Gasteiger partial charge in [-0.2, -0.15) is 0 Å². The van der Waals surface area contributed by atoms with Gasteiger partial charge in [-0.25, -0.2) is 14.4 Å². The second kappa shape index (κ2) is 7.25. The molecule has 2 amide bonds. The number of aliphatic carboxylic acids is 1. The minimum atomic E-state index is -1.23. The maximum absolute atomic E-state index is 11.6. The summed E-state index contributed by atoms with van der Waals surface area (Å²) in [5.41, 5.74) is 0.0402. The van der Waals surface area contributed by atoms with Gasteiger partial charge >= 0.3 is 18.0 Å². The second-order valence-electron chi connectivity index (χ2n) is 3.87. The molecule has 0 fully saturated rings. The number of rotatable bonds is 6. The molecule has 0 spiro atoms. The summed E-state index contributed by atoms with van der Waals surface area (Å²) in [5.74, 6) is -2.45. The van der Waals surface area contributed by atoms with Crippen molar-refractivity contribution in [1.82, 2.24) is 5.32 Å². The van der Waals surface area contributed by atoms with Crippen molar-refractivity contribution < 1.29 is 24.6 Å². The van der Waals surface area contributed by atoms with Gasteiger partial charge in [0.15, 0.2) is 6.04 Å². The molecule has 0 aliphatic heterocycles. The lowest BCUT2D eigenvalue weighted by Crippen LogP contribution is -2.37. The smallest absolute Gasteiger partial charge is 0.337 e. The molecule has 1 aromatic carbocycles. The molecule has 4 N–H and O–H groups in total. The maximum atomic E-state index is 11.6. The van der Waals surface area contributed by atoms with Crippen LogP contribution in [0.1, 0.15) is 10.4 Å². The fraction of sp³-hybridized carbons (Fsp3) is 0.167. The zero-order valence-electron chi connectivity index (χ0n) is 10.7. The fourth-order valence-electron chi connectivity index (χ4n) is 1.36. The predicted molar refractivity (Wildman–Crippen MR) is 76.4 cm³/mol. The molecule has 0 radical (unpaired) electrons. The number of nitrogens with one attached hydrogen (secondary N) is 2. The third-order valence-corrected chi connectivity index (χ3v) is 2.75. The highest BCUT2D eigenvalue weighted by molar-refractivity contribution is 6.33. The number of aromatic carboxylic acids is 1. The number of urea groups is 1. The highest BCUT2D eigenvalue weighted by atomic mass is 35.5. The first-order chi connectivity index (χ1) is 9.85. The van der Waals surface area contributed by atoms with Crippen molar-refractivity contribution >= 4 is 42.0 Å². The Morgan fingerprint density at radius 2 is 2.00 bits per heavy atom. The summed E-state index contributed by atoms with van der Waals surface area (Å²) in [6, 6.07) is 2.06. The average molecular weight is 314 g/mol. The van der Waals surface area contributed by atoms with E-state index in [1.165, 1.54) is 18.2 Å². The topological polar surface area (TPSA) is 128 Å². The standard InChI is InChI=1S/C12H12ClN3O5/c1-14-9(11(19)20)5-15-12(21)16-6-2-3-8(13)7(4-6)10(17)18/h2-4,9H,1,5H2,(H,17,18)(H,19,20)(H2,15,16,21)/t9-/m0/s1. The molecule has 1 aromatic rings. The van der Waals surface area contributed by atoms with E-state index < -0.39 is 24.0 Å². The van der Waals surface area contributed by atoms with Crippen LogP contribution in [0.3, 0.4) is 0 Å². The maximum Gasteiger partial charge on any atom is 0.337 e. The summed E-state index contributed by atoms with van der Waals surface area (Å²) in [5, 5.41) is 22.3. The van der Waals surface area contributed by atoms with Gasteiger partial charge in [0, 0.05) is 5.69 Å². The predicted octanol–water partition coefficient (Wildman–Crippen LogP) is 1.31. The minimum absolute atomic E-state index is 0.0373. The molecule has 0 saturated heterocycles. The number of anilines is 1. The normalized spacial score (nSPS) is 11.3. The average Bonchev–Trinajstić information content (AvgIpc) is 2.41. The summed E-state index contributed by atoms with van der Waals surface area (Å²) >= 11 is 5.69. The van der Waals surface area contributed by atoms with Gasteiger partial charge in [-0.1, -0.05) is 11.6 Å². The summed E-state index contributed by atoms with van der Waals surface area (Å²) in [6.07, 6.45) is 0. The third-order valence-electron chi connectivity index (χ3n) is 2.42. The Balaban J connectivity index is 2.67. The molecule has 0 aliphatic carbocycles. The van der Waals surface area contributed by atoms with E-state index in [1.807, 2.05) is 0 Å². The number of nitrogens with zero attached hydrogens (tertiary/aromatic N) is 1. The molecule has 8 nitrogen and oxygen atoms in total.